The number of carbonyl (C=O) groups is 1. The van der Waals surface area contributed by atoms with E-state index in [9.17, 15) is 4.79 Å². The number of ether oxygens (including phenoxy) is 1. The first kappa shape index (κ1) is 19.7. The summed E-state index contributed by atoms with van der Waals surface area (Å²) in [5, 5.41) is 3.41. The third-order valence-electron chi connectivity index (χ3n) is 3.90. The van der Waals surface area contributed by atoms with Gasteiger partial charge in [0.1, 0.15) is 0 Å². The maximum absolute atomic E-state index is 11.4. The van der Waals surface area contributed by atoms with Crippen molar-refractivity contribution in [3.63, 3.8) is 0 Å². The molecule has 0 fully saturated rings. The molecule has 1 aromatic carbocycles. The molecule has 0 aliphatic heterocycles. The van der Waals surface area contributed by atoms with Gasteiger partial charge < -0.3 is 14.5 Å². The number of anilines is 1. The Kier molecular flexibility index (Phi) is 8.93. The summed E-state index contributed by atoms with van der Waals surface area (Å²) in [6, 6.07) is 11.7. The van der Waals surface area contributed by atoms with Gasteiger partial charge in [0.25, 0.3) is 0 Å². The molecule has 4 heteroatoms. The van der Waals surface area contributed by atoms with Gasteiger partial charge in [-0.15, -0.1) is 0 Å². The molecular formula is C22H27NO3. The summed E-state index contributed by atoms with van der Waals surface area (Å²) < 4.78 is 10.1. The average molecular weight is 353 g/mol. The smallest absolute Gasteiger partial charge is 0.310 e. The first-order valence-electron chi connectivity index (χ1n) is 9.28. The summed E-state index contributed by atoms with van der Waals surface area (Å²) in [7, 11) is 0. The fourth-order valence-electron chi connectivity index (χ4n) is 2.54. The Bertz CT molecular complexity index is 693. The molecule has 0 amide bonds. The second kappa shape index (κ2) is 11.8. The Morgan fingerprint density at radius 2 is 1.92 bits per heavy atom. The molecule has 138 valence electrons. The summed E-state index contributed by atoms with van der Waals surface area (Å²) in [6.07, 6.45) is 7.52. The van der Waals surface area contributed by atoms with Crippen molar-refractivity contribution >= 4 is 11.7 Å². The molecule has 0 atom stereocenters. The zero-order valence-corrected chi connectivity index (χ0v) is 15.4. The van der Waals surface area contributed by atoms with Crippen LogP contribution in [0.1, 0.15) is 50.4 Å². The van der Waals surface area contributed by atoms with Gasteiger partial charge in [-0.2, -0.15) is 0 Å². The summed E-state index contributed by atoms with van der Waals surface area (Å²) in [5.74, 6) is 6.71. The van der Waals surface area contributed by atoms with E-state index in [1.165, 1.54) is 12.8 Å². The zero-order chi connectivity index (χ0) is 18.5. The molecule has 0 unspecified atom stereocenters. The van der Waals surface area contributed by atoms with Crippen molar-refractivity contribution in [2.24, 2.45) is 0 Å². The Balaban J connectivity index is 1.52. The van der Waals surface area contributed by atoms with Crippen LogP contribution in [0.15, 0.2) is 47.1 Å². The van der Waals surface area contributed by atoms with Crippen molar-refractivity contribution in [2.75, 3.05) is 18.5 Å². The molecule has 0 radical (unpaired) electrons. The van der Waals surface area contributed by atoms with Crippen LogP contribution in [-0.2, 0) is 16.0 Å². The van der Waals surface area contributed by atoms with Gasteiger partial charge in [-0.3, -0.25) is 4.79 Å². The minimum absolute atomic E-state index is 0.179. The summed E-state index contributed by atoms with van der Waals surface area (Å²) in [5.41, 5.74) is 2.06. The third-order valence-corrected chi connectivity index (χ3v) is 3.90. The summed E-state index contributed by atoms with van der Waals surface area (Å²) in [4.78, 5) is 11.4. The molecule has 1 heterocycles. The van der Waals surface area contributed by atoms with Crippen molar-refractivity contribution in [3.8, 4) is 11.8 Å². The lowest BCUT2D eigenvalue weighted by Gasteiger charge is -2.07. The molecule has 26 heavy (non-hydrogen) atoms. The number of hydrogen-bond acceptors (Lipinski definition) is 4. The zero-order valence-electron chi connectivity index (χ0n) is 15.4. The van der Waals surface area contributed by atoms with Crippen LogP contribution < -0.4 is 5.32 Å². The normalized spacial score (nSPS) is 10.0. The summed E-state index contributed by atoms with van der Waals surface area (Å²) in [6.45, 7) is 3.20. The number of nitrogens with one attached hydrogen (secondary N) is 1. The Morgan fingerprint density at radius 3 is 2.65 bits per heavy atom. The van der Waals surface area contributed by atoms with Gasteiger partial charge in [-0.1, -0.05) is 30.9 Å². The number of furan rings is 1. The quantitative estimate of drug-likeness (QED) is 0.379. The molecule has 1 aromatic heterocycles. The van der Waals surface area contributed by atoms with Crippen LogP contribution in [0.2, 0.25) is 0 Å². The van der Waals surface area contributed by atoms with Gasteiger partial charge in [0, 0.05) is 18.7 Å². The van der Waals surface area contributed by atoms with Crippen molar-refractivity contribution in [3.05, 3.63) is 54.0 Å². The molecule has 0 bridgehead atoms. The molecule has 2 rings (SSSR count). The maximum Gasteiger partial charge on any atom is 0.310 e. The SMILES string of the molecule is CCOC(=O)Cc1ccc(NCCCCCCC#Cc2ccco2)cc1. The van der Waals surface area contributed by atoms with Gasteiger partial charge in [0.15, 0.2) is 5.76 Å². The van der Waals surface area contributed by atoms with Crippen LogP contribution in [0.3, 0.4) is 0 Å². The van der Waals surface area contributed by atoms with Crippen LogP contribution in [-0.4, -0.2) is 19.1 Å². The van der Waals surface area contributed by atoms with E-state index in [1.54, 1.807) is 6.26 Å². The van der Waals surface area contributed by atoms with Crippen molar-refractivity contribution in [1.82, 2.24) is 0 Å². The average Bonchev–Trinajstić information content (AvgIpc) is 3.15. The molecule has 4 nitrogen and oxygen atoms in total. The molecule has 0 spiro atoms. The maximum atomic E-state index is 11.4. The lowest BCUT2D eigenvalue weighted by molar-refractivity contribution is -0.142. The van der Waals surface area contributed by atoms with E-state index in [4.69, 9.17) is 9.15 Å². The van der Waals surface area contributed by atoms with Crippen molar-refractivity contribution in [1.29, 1.82) is 0 Å². The molecule has 0 saturated carbocycles. The van der Waals surface area contributed by atoms with Gasteiger partial charge in [0.2, 0.25) is 0 Å². The molecule has 0 saturated heterocycles. The number of carbonyl (C=O) groups excluding carboxylic acids is 1. The van der Waals surface area contributed by atoms with E-state index >= 15 is 0 Å². The van der Waals surface area contributed by atoms with Gasteiger partial charge in [-0.25, -0.2) is 0 Å². The van der Waals surface area contributed by atoms with E-state index in [0.29, 0.717) is 13.0 Å². The lowest BCUT2D eigenvalue weighted by atomic mass is 10.1. The van der Waals surface area contributed by atoms with Crippen molar-refractivity contribution in [2.45, 2.75) is 45.4 Å². The lowest BCUT2D eigenvalue weighted by Crippen LogP contribution is -2.07. The van der Waals surface area contributed by atoms with E-state index < -0.39 is 0 Å². The second-order valence-corrected chi connectivity index (χ2v) is 6.05. The number of unbranched alkanes of at least 4 members (excludes halogenated alkanes) is 4. The fraction of sp³-hybridized carbons (Fsp3) is 0.409. The van der Waals surface area contributed by atoms with Gasteiger partial charge >= 0.3 is 5.97 Å². The van der Waals surface area contributed by atoms with E-state index in [1.807, 2.05) is 43.3 Å². The molecule has 0 aliphatic rings. The number of hydrogen-bond donors (Lipinski definition) is 1. The predicted molar refractivity (Wildman–Crippen MR) is 104 cm³/mol. The van der Waals surface area contributed by atoms with Gasteiger partial charge in [0.05, 0.1) is 19.3 Å². The van der Waals surface area contributed by atoms with Crippen LogP contribution >= 0.6 is 0 Å². The largest absolute Gasteiger partial charge is 0.466 e. The fourth-order valence-corrected chi connectivity index (χ4v) is 2.54. The highest BCUT2D eigenvalue weighted by Gasteiger charge is 2.03. The first-order chi connectivity index (χ1) is 12.8. The Hall–Kier alpha value is -2.67. The Morgan fingerprint density at radius 1 is 1.12 bits per heavy atom. The monoisotopic (exact) mass is 353 g/mol. The van der Waals surface area contributed by atoms with E-state index in [0.717, 1.165) is 42.8 Å². The molecule has 0 aliphatic carbocycles. The second-order valence-electron chi connectivity index (χ2n) is 6.05. The van der Waals surface area contributed by atoms with Crippen LogP contribution in [0.5, 0.6) is 0 Å². The minimum atomic E-state index is -0.179. The van der Waals surface area contributed by atoms with Crippen LogP contribution in [0, 0.1) is 11.8 Å². The molecule has 1 N–H and O–H groups in total. The minimum Gasteiger partial charge on any atom is -0.466 e. The Labute approximate surface area is 155 Å². The summed E-state index contributed by atoms with van der Waals surface area (Å²) >= 11 is 0. The number of benzene rings is 1. The highest BCUT2D eigenvalue weighted by Crippen LogP contribution is 2.11. The predicted octanol–water partition coefficient (Wildman–Crippen LogP) is 4.80. The number of rotatable bonds is 10. The van der Waals surface area contributed by atoms with E-state index in [-0.39, 0.29) is 5.97 Å². The molecular weight excluding hydrogens is 326 g/mol. The standard InChI is InChI=1S/C22H27NO3/c1-2-25-22(24)18-19-12-14-20(15-13-19)23-16-8-6-4-3-5-7-10-21-11-9-17-26-21/h9,11-15,17,23H,2-6,8,16,18H2,1H3. The van der Waals surface area contributed by atoms with Crippen LogP contribution in [0.25, 0.3) is 0 Å². The number of esters is 1. The highest BCUT2D eigenvalue weighted by atomic mass is 16.5. The van der Waals surface area contributed by atoms with Gasteiger partial charge in [-0.05, 0) is 55.5 Å². The van der Waals surface area contributed by atoms with Crippen LogP contribution in [0.4, 0.5) is 5.69 Å². The first-order valence-corrected chi connectivity index (χ1v) is 9.28. The highest BCUT2D eigenvalue weighted by molar-refractivity contribution is 5.72. The third kappa shape index (κ3) is 7.94. The molecule has 2 aromatic rings. The van der Waals surface area contributed by atoms with Crippen molar-refractivity contribution < 1.29 is 13.9 Å². The topological polar surface area (TPSA) is 51.5 Å². The van der Waals surface area contributed by atoms with E-state index in [2.05, 4.69) is 17.2 Å².